The molecule has 0 aliphatic heterocycles. The molecule has 0 amide bonds. The fourth-order valence-electron chi connectivity index (χ4n) is 2.46. The Morgan fingerprint density at radius 2 is 2.21 bits per heavy atom. The molecule has 100 valence electrons. The van der Waals surface area contributed by atoms with Gasteiger partial charge in [-0.1, -0.05) is 35.6 Å². The van der Waals surface area contributed by atoms with Crippen LogP contribution < -0.4 is 0 Å². The minimum atomic E-state index is -0.0988. The van der Waals surface area contributed by atoms with Gasteiger partial charge in [0.2, 0.25) is 0 Å². The molecule has 0 N–H and O–H groups in total. The van der Waals surface area contributed by atoms with Gasteiger partial charge in [-0.15, -0.1) is 0 Å². The first-order valence-electron chi connectivity index (χ1n) is 6.47. The van der Waals surface area contributed by atoms with Gasteiger partial charge in [0, 0.05) is 9.84 Å². The molecule has 1 aliphatic rings. The lowest BCUT2D eigenvalue weighted by Crippen LogP contribution is -2.08. The molecule has 1 aromatic carbocycles. The van der Waals surface area contributed by atoms with Gasteiger partial charge in [0.15, 0.2) is 0 Å². The summed E-state index contributed by atoms with van der Waals surface area (Å²) in [6, 6.07) is 7.91. The third-order valence-corrected chi connectivity index (χ3v) is 5.05. The zero-order valence-corrected chi connectivity index (χ0v) is 13.2. The van der Waals surface area contributed by atoms with Crippen molar-refractivity contribution >= 4 is 28.6 Å². The number of ether oxygens (including phenoxy) is 1. The van der Waals surface area contributed by atoms with E-state index in [1.54, 1.807) is 0 Å². The molecule has 1 fully saturated rings. The van der Waals surface area contributed by atoms with Gasteiger partial charge in [-0.3, -0.25) is 4.79 Å². The standard InChI is InChI=1S/C15H16INO2/c1-3-10-7-9(8-17)5-6-11(10)12-13(14(12)16)15(18)19-4-2/h5-7,12-14H,3-4H2,1-2H3. The number of hydrogen-bond acceptors (Lipinski definition) is 3. The summed E-state index contributed by atoms with van der Waals surface area (Å²) in [5, 5.41) is 8.94. The molecular formula is C15H16INO2. The second-order valence-corrected chi connectivity index (χ2v) is 6.07. The van der Waals surface area contributed by atoms with Gasteiger partial charge >= 0.3 is 5.97 Å². The maximum absolute atomic E-state index is 11.8. The lowest BCUT2D eigenvalue weighted by Gasteiger charge is -2.07. The van der Waals surface area contributed by atoms with Crippen LogP contribution in [0.1, 0.15) is 36.5 Å². The zero-order valence-electron chi connectivity index (χ0n) is 11.0. The highest BCUT2D eigenvalue weighted by molar-refractivity contribution is 14.1. The first-order valence-corrected chi connectivity index (χ1v) is 7.72. The molecule has 2 rings (SSSR count). The summed E-state index contributed by atoms with van der Waals surface area (Å²) in [4.78, 5) is 11.8. The smallest absolute Gasteiger partial charge is 0.310 e. The van der Waals surface area contributed by atoms with Crippen LogP contribution in [-0.2, 0) is 16.0 Å². The molecule has 0 bridgehead atoms. The van der Waals surface area contributed by atoms with Gasteiger partial charge in [0.05, 0.1) is 24.2 Å². The van der Waals surface area contributed by atoms with E-state index in [9.17, 15) is 4.79 Å². The predicted molar refractivity (Wildman–Crippen MR) is 81.2 cm³/mol. The number of nitrogens with zero attached hydrogens (tertiary/aromatic N) is 1. The van der Waals surface area contributed by atoms with Gasteiger partial charge < -0.3 is 4.74 Å². The van der Waals surface area contributed by atoms with Gasteiger partial charge in [-0.25, -0.2) is 0 Å². The van der Waals surface area contributed by atoms with Gasteiger partial charge in [0.1, 0.15) is 0 Å². The monoisotopic (exact) mass is 369 g/mol. The molecule has 3 atom stereocenters. The number of carbonyl (C=O) groups is 1. The maximum Gasteiger partial charge on any atom is 0.310 e. The van der Waals surface area contributed by atoms with Crippen molar-refractivity contribution in [3.8, 4) is 6.07 Å². The van der Waals surface area contributed by atoms with E-state index in [0.717, 1.165) is 12.0 Å². The summed E-state index contributed by atoms with van der Waals surface area (Å²) in [7, 11) is 0. The Balaban J connectivity index is 2.24. The van der Waals surface area contributed by atoms with Crippen molar-refractivity contribution < 1.29 is 9.53 Å². The minimum absolute atomic E-state index is 0.0289. The van der Waals surface area contributed by atoms with Crippen LogP contribution in [0.3, 0.4) is 0 Å². The number of nitriles is 1. The second-order valence-electron chi connectivity index (χ2n) is 4.63. The normalized spacial score (nSPS) is 24.6. The summed E-state index contributed by atoms with van der Waals surface area (Å²) in [6.07, 6.45) is 0.875. The highest BCUT2D eigenvalue weighted by Gasteiger charge is 2.55. The molecule has 0 radical (unpaired) electrons. The van der Waals surface area contributed by atoms with E-state index >= 15 is 0 Å². The summed E-state index contributed by atoms with van der Waals surface area (Å²) < 4.78 is 5.41. The Hall–Kier alpha value is -1.09. The third-order valence-electron chi connectivity index (χ3n) is 3.50. The first kappa shape index (κ1) is 14.3. The largest absolute Gasteiger partial charge is 0.466 e. The van der Waals surface area contributed by atoms with E-state index in [2.05, 4.69) is 35.6 Å². The fraction of sp³-hybridized carbons (Fsp3) is 0.467. The molecule has 3 unspecified atom stereocenters. The van der Waals surface area contributed by atoms with Gasteiger partial charge in [-0.2, -0.15) is 5.26 Å². The Labute approximate surface area is 127 Å². The van der Waals surface area contributed by atoms with Gasteiger partial charge in [0.25, 0.3) is 0 Å². The maximum atomic E-state index is 11.8. The van der Waals surface area contributed by atoms with Crippen LogP contribution in [0.2, 0.25) is 0 Å². The van der Waals surface area contributed by atoms with Crippen molar-refractivity contribution in [2.24, 2.45) is 5.92 Å². The van der Waals surface area contributed by atoms with E-state index in [-0.39, 0.29) is 17.8 Å². The van der Waals surface area contributed by atoms with Crippen molar-refractivity contribution in [3.05, 3.63) is 34.9 Å². The van der Waals surface area contributed by atoms with Crippen LogP contribution in [0.25, 0.3) is 0 Å². The molecule has 3 nitrogen and oxygen atoms in total. The molecule has 0 aromatic heterocycles. The van der Waals surface area contributed by atoms with Crippen molar-refractivity contribution in [3.63, 3.8) is 0 Å². The second kappa shape index (κ2) is 5.91. The van der Waals surface area contributed by atoms with Crippen LogP contribution in [-0.4, -0.2) is 16.5 Å². The summed E-state index contributed by atoms with van der Waals surface area (Å²) in [5.74, 6) is 0.111. The van der Waals surface area contributed by atoms with Crippen molar-refractivity contribution in [1.82, 2.24) is 0 Å². The SMILES string of the molecule is CCOC(=O)C1C(I)C1c1ccc(C#N)cc1CC. The van der Waals surface area contributed by atoms with Crippen LogP contribution in [0.15, 0.2) is 18.2 Å². The molecule has 1 aliphatic carbocycles. The number of halogens is 1. The average molecular weight is 369 g/mol. The average Bonchev–Trinajstić information content (AvgIpc) is 3.09. The number of rotatable bonds is 4. The van der Waals surface area contributed by atoms with Crippen LogP contribution >= 0.6 is 22.6 Å². The first-order chi connectivity index (χ1) is 9.13. The van der Waals surface area contributed by atoms with Crippen molar-refractivity contribution in [1.29, 1.82) is 5.26 Å². The van der Waals surface area contributed by atoms with Crippen LogP contribution in [0, 0.1) is 17.2 Å². The minimum Gasteiger partial charge on any atom is -0.466 e. The molecule has 0 heterocycles. The molecular weight excluding hydrogens is 353 g/mol. The van der Waals surface area contributed by atoms with Crippen molar-refractivity contribution in [2.45, 2.75) is 30.1 Å². The zero-order chi connectivity index (χ0) is 14.0. The lowest BCUT2D eigenvalue weighted by atomic mass is 9.98. The number of aryl methyl sites for hydroxylation is 1. The topological polar surface area (TPSA) is 50.1 Å². The molecule has 1 aromatic rings. The van der Waals surface area contributed by atoms with E-state index in [1.165, 1.54) is 5.56 Å². The van der Waals surface area contributed by atoms with E-state index in [1.807, 2.05) is 25.1 Å². The van der Waals surface area contributed by atoms with Crippen molar-refractivity contribution in [2.75, 3.05) is 6.61 Å². The lowest BCUT2D eigenvalue weighted by molar-refractivity contribution is -0.144. The number of carbonyl (C=O) groups excluding carboxylic acids is 1. The van der Waals surface area contributed by atoms with Crippen LogP contribution in [0.5, 0.6) is 0 Å². The van der Waals surface area contributed by atoms with E-state index in [4.69, 9.17) is 10.00 Å². The summed E-state index contributed by atoms with van der Waals surface area (Å²) in [5.41, 5.74) is 3.04. The third kappa shape index (κ3) is 2.76. The predicted octanol–water partition coefficient (Wildman–Crippen LogP) is 3.20. The Kier molecular flexibility index (Phi) is 4.46. The highest BCUT2D eigenvalue weighted by Crippen LogP contribution is 2.54. The number of esters is 1. The quantitative estimate of drug-likeness (QED) is 0.465. The summed E-state index contributed by atoms with van der Waals surface area (Å²) in [6.45, 7) is 4.33. The molecule has 0 spiro atoms. The highest BCUT2D eigenvalue weighted by atomic mass is 127. The molecule has 0 saturated heterocycles. The molecule has 4 heteroatoms. The van der Waals surface area contributed by atoms with E-state index in [0.29, 0.717) is 16.1 Å². The molecule has 1 saturated carbocycles. The number of benzene rings is 1. The van der Waals surface area contributed by atoms with E-state index < -0.39 is 0 Å². The number of alkyl halides is 1. The Morgan fingerprint density at radius 1 is 1.47 bits per heavy atom. The van der Waals surface area contributed by atoms with Gasteiger partial charge in [-0.05, 0) is 36.6 Å². The Bertz CT molecular complexity index is 535. The fourth-order valence-corrected chi connectivity index (χ4v) is 3.80. The van der Waals surface area contributed by atoms with Crippen LogP contribution in [0.4, 0.5) is 0 Å². The Morgan fingerprint density at radius 3 is 2.79 bits per heavy atom. The molecule has 19 heavy (non-hydrogen) atoms. The summed E-state index contributed by atoms with van der Waals surface area (Å²) >= 11 is 2.32. The number of hydrogen-bond donors (Lipinski definition) is 0.